The lowest BCUT2D eigenvalue weighted by Crippen LogP contribution is -2.24. The molecule has 0 atom stereocenters. The molecule has 0 radical (unpaired) electrons. The number of amides is 1. The van der Waals surface area contributed by atoms with Gasteiger partial charge in [-0.2, -0.15) is 5.26 Å². The van der Waals surface area contributed by atoms with E-state index in [-0.39, 0.29) is 12.5 Å². The Balaban J connectivity index is 1.94. The molecular formula is C19H17ClN2O2. The van der Waals surface area contributed by atoms with Crippen LogP contribution in [0.15, 0.2) is 54.6 Å². The molecule has 0 saturated heterocycles. The van der Waals surface area contributed by atoms with E-state index in [2.05, 4.69) is 0 Å². The summed E-state index contributed by atoms with van der Waals surface area (Å²) in [5.41, 5.74) is 1.78. The number of hydrogen-bond acceptors (Lipinski definition) is 3. The maximum Gasteiger partial charge on any atom is 0.246 e. The van der Waals surface area contributed by atoms with Gasteiger partial charge in [-0.25, -0.2) is 0 Å². The number of nitrogens with zero attached hydrogens (tertiary/aromatic N) is 2. The first kappa shape index (κ1) is 17.6. The van der Waals surface area contributed by atoms with Gasteiger partial charge in [0.1, 0.15) is 11.8 Å². The molecule has 0 heterocycles. The van der Waals surface area contributed by atoms with Gasteiger partial charge in [-0.3, -0.25) is 4.79 Å². The van der Waals surface area contributed by atoms with Crippen LogP contribution in [0.25, 0.3) is 6.08 Å². The second-order valence-corrected chi connectivity index (χ2v) is 5.54. The van der Waals surface area contributed by atoms with Crippen LogP contribution in [0.4, 0.5) is 0 Å². The molecule has 2 aromatic rings. The standard InChI is InChI=1S/C19H17ClN2O2/c1-22(14-16-4-2-3-5-18(16)20)19(23)11-8-15-6-9-17(10-7-15)24-13-12-21/h2-11H,13-14H2,1H3. The van der Waals surface area contributed by atoms with Crippen LogP contribution >= 0.6 is 11.6 Å². The van der Waals surface area contributed by atoms with Crippen molar-refractivity contribution >= 4 is 23.6 Å². The van der Waals surface area contributed by atoms with Gasteiger partial charge in [0.05, 0.1) is 0 Å². The number of ether oxygens (including phenoxy) is 1. The first-order valence-electron chi connectivity index (χ1n) is 7.36. The zero-order chi connectivity index (χ0) is 17.4. The number of rotatable bonds is 6. The van der Waals surface area contributed by atoms with Crippen molar-refractivity contribution < 1.29 is 9.53 Å². The molecule has 0 saturated carbocycles. The summed E-state index contributed by atoms with van der Waals surface area (Å²) in [4.78, 5) is 13.8. The van der Waals surface area contributed by atoms with Crippen LogP contribution in [-0.4, -0.2) is 24.5 Å². The molecule has 0 aliphatic heterocycles. The van der Waals surface area contributed by atoms with E-state index in [1.165, 1.54) is 6.08 Å². The summed E-state index contributed by atoms with van der Waals surface area (Å²) in [6.45, 7) is 0.463. The van der Waals surface area contributed by atoms with Crippen LogP contribution in [0.3, 0.4) is 0 Å². The minimum absolute atomic E-state index is 0.0144. The zero-order valence-electron chi connectivity index (χ0n) is 13.3. The van der Waals surface area contributed by atoms with Crippen molar-refractivity contribution in [2.75, 3.05) is 13.7 Å². The van der Waals surface area contributed by atoms with Gasteiger partial charge in [0, 0.05) is 24.7 Å². The van der Waals surface area contributed by atoms with E-state index in [0.717, 1.165) is 11.1 Å². The fourth-order valence-electron chi connectivity index (χ4n) is 2.05. The average Bonchev–Trinajstić information content (AvgIpc) is 2.60. The molecule has 122 valence electrons. The van der Waals surface area contributed by atoms with Gasteiger partial charge in [-0.15, -0.1) is 0 Å². The van der Waals surface area contributed by atoms with Crippen molar-refractivity contribution in [3.05, 3.63) is 70.8 Å². The lowest BCUT2D eigenvalue weighted by molar-refractivity contribution is -0.125. The van der Waals surface area contributed by atoms with Crippen molar-refractivity contribution in [1.82, 2.24) is 4.90 Å². The first-order chi connectivity index (χ1) is 11.6. The minimum atomic E-state index is -0.111. The zero-order valence-corrected chi connectivity index (χ0v) is 14.0. The van der Waals surface area contributed by atoms with Crippen LogP contribution in [0, 0.1) is 11.3 Å². The maximum atomic E-state index is 12.2. The highest BCUT2D eigenvalue weighted by atomic mass is 35.5. The second-order valence-electron chi connectivity index (χ2n) is 5.13. The fourth-order valence-corrected chi connectivity index (χ4v) is 2.24. The highest BCUT2D eigenvalue weighted by Crippen LogP contribution is 2.17. The smallest absolute Gasteiger partial charge is 0.246 e. The van der Waals surface area contributed by atoms with Crippen LogP contribution < -0.4 is 4.74 Å². The van der Waals surface area contributed by atoms with Crippen LogP contribution in [0.1, 0.15) is 11.1 Å². The summed E-state index contributed by atoms with van der Waals surface area (Å²) < 4.78 is 5.18. The Morgan fingerprint density at radius 2 is 1.96 bits per heavy atom. The number of carbonyl (C=O) groups is 1. The van der Waals surface area contributed by atoms with E-state index in [1.54, 1.807) is 36.2 Å². The van der Waals surface area contributed by atoms with E-state index in [0.29, 0.717) is 17.3 Å². The van der Waals surface area contributed by atoms with Gasteiger partial charge in [0.15, 0.2) is 6.61 Å². The first-order valence-corrected chi connectivity index (χ1v) is 7.74. The highest BCUT2D eigenvalue weighted by Gasteiger charge is 2.08. The van der Waals surface area contributed by atoms with Gasteiger partial charge in [-0.1, -0.05) is 41.9 Å². The molecule has 0 N–H and O–H groups in total. The number of likely N-dealkylation sites (N-methyl/N-ethyl adjacent to an activating group) is 1. The molecule has 0 bridgehead atoms. The van der Waals surface area contributed by atoms with Gasteiger partial charge in [0.2, 0.25) is 5.91 Å². The van der Waals surface area contributed by atoms with Crippen molar-refractivity contribution in [1.29, 1.82) is 5.26 Å². The van der Waals surface area contributed by atoms with Crippen LogP contribution in [-0.2, 0) is 11.3 Å². The Labute approximate surface area is 146 Å². The topological polar surface area (TPSA) is 53.3 Å². The molecule has 0 fully saturated rings. The second kappa shape index (κ2) is 8.76. The van der Waals surface area contributed by atoms with Crippen molar-refractivity contribution in [3.63, 3.8) is 0 Å². The molecule has 24 heavy (non-hydrogen) atoms. The molecule has 5 heteroatoms. The minimum Gasteiger partial charge on any atom is -0.479 e. The third-order valence-corrected chi connectivity index (χ3v) is 3.71. The van der Waals surface area contributed by atoms with Crippen molar-refractivity contribution in [2.45, 2.75) is 6.54 Å². The number of carbonyl (C=O) groups excluding carboxylic acids is 1. The summed E-state index contributed by atoms with van der Waals surface area (Å²) in [5, 5.41) is 9.11. The molecule has 0 aliphatic carbocycles. The lowest BCUT2D eigenvalue weighted by Gasteiger charge is -2.16. The van der Waals surface area contributed by atoms with E-state index < -0.39 is 0 Å². The third kappa shape index (κ3) is 5.15. The summed E-state index contributed by atoms with van der Waals surface area (Å²) in [7, 11) is 1.73. The molecule has 0 aromatic heterocycles. The normalized spacial score (nSPS) is 10.4. The van der Waals surface area contributed by atoms with Gasteiger partial charge < -0.3 is 9.64 Å². The van der Waals surface area contributed by atoms with Gasteiger partial charge in [-0.05, 0) is 35.4 Å². The maximum absolute atomic E-state index is 12.2. The molecule has 0 aliphatic rings. The summed E-state index contributed by atoms with van der Waals surface area (Å²) in [6.07, 6.45) is 3.25. The van der Waals surface area contributed by atoms with Crippen molar-refractivity contribution in [2.24, 2.45) is 0 Å². The fraction of sp³-hybridized carbons (Fsp3) is 0.158. The molecule has 0 spiro atoms. The molecule has 0 unspecified atom stereocenters. The lowest BCUT2D eigenvalue weighted by atomic mass is 10.2. The largest absolute Gasteiger partial charge is 0.479 e. The van der Waals surface area contributed by atoms with Crippen LogP contribution in [0.5, 0.6) is 5.75 Å². The van der Waals surface area contributed by atoms with Crippen LogP contribution in [0.2, 0.25) is 5.02 Å². The Bertz CT molecular complexity index is 764. The van der Waals surface area contributed by atoms with E-state index in [9.17, 15) is 4.79 Å². The molecular weight excluding hydrogens is 324 g/mol. The molecule has 4 nitrogen and oxygen atoms in total. The molecule has 2 rings (SSSR count). The van der Waals surface area contributed by atoms with Gasteiger partial charge >= 0.3 is 0 Å². The van der Waals surface area contributed by atoms with Crippen molar-refractivity contribution in [3.8, 4) is 11.8 Å². The van der Waals surface area contributed by atoms with E-state index in [1.807, 2.05) is 36.4 Å². The number of halogens is 1. The average molecular weight is 341 g/mol. The van der Waals surface area contributed by atoms with Gasteiger partial charge in [0.25, 0.3) is 0 Å². The Kier molecular flexibility index (Phi) is 6.41. The monoisotopic (exact) mass is 340 g/mol. The molecule has 2 aromatic carbocycles. The Hall–Kier alpha value is -2.77. The predicted octanol–water partition coefficient (Wildman–Crippen LogP) is 3.91. The van der Waals surface area contributed by atoms with E-state index >= 15 is 0 Å². The summed E-state index contributed by atoms with van der Waals surface area (Å²) in [6, 6.07) is 16.5. The predicted molar refractivity (Wildman–Crippen MR) is 94.5 cm³/mol. The Morgan fingerprint density at radius 3 is 2.62 bits per heavy atom. The summed E-state index contributed by atoms with van der Waals surface area (Å²) in [5.74, 6) is 0.510. The quantitative estimate of drug-likeness (QED) is 0.749. The number of hydrogen-bond donors (Lipinski definition) is 0. The third-order valence-electron chi connectivity index (χ3n) is 3.34. The SMILES string of the molecule is CN(Cc1ccccc1Cl)C(=O)C=Cc1ccc(OCC#N)cc1. The van der Waals surface area contributed by atoms with E-state index in [4.69, 9.17) is 21.6 Å². The number of nitriles is 1. The molecule has 1 amide bonds. The number of benzene rings is 2. The summed E-state index contributed by atoms with van der Waals surface area (Å²) >= 11 is 6.11. The highest BCUT2D eigenvalue weighted by molar-refractivity contribution is 6.31. The Morgan fingerprint density at radius 1 is 1.25 bits per heavy atom.